The zero-order valence-corrected chi connectivity index (χ0v) is 15.7. The number of fused-ring (bicyclic) bond motifs is 4. The van der Waals surface area contributed by atoms with E-state index in [0.717, 1.165) is 11.3 Å². The smallest absolute Gasteiger partial charge is 0.250 e. The van der Waals surface area contributed by atoms with Gasteiger partial charge >= 0.3 is 0 Å². The molecule has 0 fully saturated rings. The van der Waals surface area contributed by atoms with Gasteiger partial charge in [-0.1, -0.05) is 0 Å². The summed E-state index contributed by atoms with van der Waals surface area (Å²) in [6, 6.07) is 1.31. The predicted molar refractivity (Wildman–Crippen MR) is 96.3 cm³/mol. The first-order valence-corrected chi connectivity index (χ1v) is 10.4. The van der Waals surface area contributed by atoms with Crippen LogP contribution in [0, 0.1) is 0 Å². The summed E-state index contributed by atoms with van der Waals surface area (Å²) in [4.78, 5) is 8.54. The number of hydrogen-bond acceptors (Lipinski definition) is 8. The van der Waals surface area contributed by atoms with E-state index in [1.807, 2.05) is 0 Å². The van der Waals surface area contributed by atoms with E-state index in [1.165, 1.54) is 0 Å². The molecule has 0 radical (unpaired) electrons. The molecule has 3 rings (SSSR count). The third kappa shape index (κ3) is 4.03. The summed E-state index contributed by atoms with van der Waals surface area (Å²) in [6.45, 7) is 0.218. The topological polar surface area (TPSA) is 116 Å². The average molecular weight is 434 g/mol. The fourth-order valence-electron chi connectivity index (χ4n) is 2.21. The van der Waals surface area contributed by atoms with Crippen molar-refractivity contribution in [3.05, 3.63) is 22.1 Å². The first-order chi connectivity index (χ1) is 11.5. The molecule has 1 aliphatic rings. The maximum absolute atomic E-state index is 12.2. The molecule has 130 valence electrons. The fraction of sp³-hybridized carbons (Fsp3) is 0.385. The molecule has 0 saturated carbocycles. The molecule has 4 N–H and O–H groups in total. The van der Waals surface area contributed by atoms with Gasteiger partial charge < -0.3 is 15.7 Å². The quantitative estimate of drug-likeness (QED) is 0.542. The molecule has 4 bridgehead atoms. The lowest BCUT2D eigenvalue weighted by Crippen LogP contribution is -2.28. The van der Waals surface area contributed by atoms with E-state index >= 15 is 0 Å². The van der Waals surface area contributed by atoms with Gasteiger partial charge in [0.25, 0.3) is 0 Å². The van der Waals surface area contributed by atoms with Crippen LogP contribution in [0.1, 0.15) is 12.8 Å². The van der Waals surface area contributed by atoms with E-state index in [0.29, 0.717) is 41.3 Å². The summed E-state index contributed by atoms with van der Waals surface area (Å²) in [5.74, 6) is 0.906. The molecule has 2 aromatic rings. The first-order valence-electron chi connectivity index (χ1n) is 7.23. The van der Waals surface area contributed by atoms with E-state index in [2.05, 4.69) is 41.3 Å². The lowest BCUT2D eigenvalue weighted by atomic mass is 10.1. The van der Waals surface area contributed by atoms with Crippen molar-refractivity contribution in [2.24, 2.45) is 0 Å². The Labute approximate surface area is 151 Å². The van der Waals surface area contributed by atoms with Crippen molar-refractivity contribution in [2.75, 3.05) is 23.8 Å². The second kappa shape index (κ2) is 7.31. The van der Waals surface area contributed by atoms with Crippen molar-refractivity contribution in [1.29, 1.82) is 0 Å². The van der Waals surface area contributed by atoms with E-state index in [-0.39, 0.29) is 16.9 Å². The highest BCUT2D eigenvalue weighted by atomic mass is 79.9. The van der Waals surface area contributed by atoms with Crippen molar-refractivity contribution in [2.45, 2.75) is 23.1 Å². The molecule has 1 aliphatic heterocycles. The molecular formula is C13H16BrN5O3S2. The van der Waals surface area contributed by atoms with Gasteiger partial charge in [0, 0.05) is 18.1 Å². The summed E-state index contributed by atoms with van der Waals surface area (Å²) in [5, 5.41) is 17.4. The second-order valence-electron chi connectivity index (χ2n) is 5.23. The van der Waals surface area contributed by atoms with Crippen LogP contribution in [0.3, 0.4) is 0 Å². The number of rotatable bonds is 1. The molecule has 1 unspecified atom stereocenters. The Balaban J connectivity index is 1.96. The summed E-state index contributed by atoms with van der Waals surface area (Å²) in [5.41, 5.74) is 0.601. The highest BCUT2D eigenvalue weighted by Crippen LogP contribution is 2.28. The molecule has 24 heavy (non-hydrogen) atoms. The van der Waals surface area contributed by atoms with Gasteiger partial charge in [0.15, 0.2) is 0 Å². The van der Waals surface area contributed by atoms with Crippen molar-refractivity contribution in [3.63, 3.8) is 0 Å². The molecule has 0 aliphatic carbocycles. The number of sulfonamides is 1. The number of nitrogens with zero attached hydrogens (tertiary/aromatic N) is 2. The molecule has 3 heterocycles. The molecule has 0 aromatic carbocycles. The summed E-state index contributed by atoms with van der Waals surface area (Å²) < 4.78 is 28.0. The first kappa shape index (κ1) is 17.5. The van der Waals surface area contributed by atoms with Crippen LogP contribution in [0.15, 0.2) is 26.3 Å². The number of aliphatic hydroxyl groups is 1. The SMILES string of the molecule is O=S1(=O)NCCCC(CO)Nc2nc(ncc2Br)Nc2csc1c2. The van der Waals surface area contributed by atoms with E-state index < -0.39 is 10.0 Å². The Morgan fingerprint density at radius 1 is 1.46 bits per heavy atom. The normalized spacial score (nSPS) is 20.5. The molecule has 0 amide bonds. The standard InChI is InChI=1S/C13H16BrN5O3S2/c14-10-5-15-13-18-9-4-11(23-7-9)24(21,22)16-3-1-2-8(6-20)17-12(10)19-13/h4-5,7-8,16,20H,1-3,6H2,(H2,15,17,18,19). The van der Waals surface area contributed by atoms with Gasteiger partial charge in [0.1, 0.15) is 10.0 Å². The highest BCUT2D eigenvalue weighted by molar-refractivity contribution is 9.10. The van der Waals surface area contributed by atoms with Crippen LogP contribution >= 0.6 is 27.3 Å². The van der Waals surface area contributed by atoms with Gasteiger partial charge in [0.05, 0.1) is 22.8 Å². The minimum atomic E-state index is -3.53. The Kier molecular flexibility index (Phi) is 5.35. The van der Waals surface area contributed by atoms with Crippen molar-refractivity contribution in [3.8, 4) is 0 Å². The molecular weight excluding hydrogens is 418 g/mol. The number of nitrogens with one attached hydrogen (secondary N) is 3. The zero-order chi connectivity index (χ0) is 17.2. The Morgan fingerprint density at radius 2 is 2.29 bits per heavy atom. The lowest BCUT2D eigenvalue weighted by Gasteiger charge is -2.18. The lowest BCUT2D eigenvalue weighted by molar-refractivity contribution is 0.267. The van der Waals surface area contributed by atoms with Crippen LogP contribution in [-0.2, 0) is 10.0 Å². The third-order valence-electron chi connectivity index (χ3n) is 3.42. The number of anilines is 3. The average Bonchev–Trinajstić information content (AvgIpc) is 3.02. The number of aromatic nitrogens is 2. The Hall–Kier alpha value is -1.27. The number of aliphatic hydroxyl groups excluding tert-OH is 1. The van der Waals surface area contributed by atoms with Crippen LogP contribution in [0.4, 0.5) is 17.5 Å². The molecule has 1 atom stereocenters. The van der Waals surface area contributed by atoms with E-state index in [1.54, 1.807) is 17.6 Å². The fourth-order valence-corrected chi connectivity index (χ4v) is 4.75. The Bertz CT molecular complexity index is 827. The van der Waals surface area contributed by atoms with E-state index in [9.17, 15) is 13.5 Å². The van der Waals surface area contributed by atoms with Crippen molar-refractivity contribution >= 4 is 54.7 Å². The summed E-state index contributed by atoms with van der Waals surface area (Å²) in [6.07, 6.45) is 2.78. The van der Waals surface area contributed by atoms with Gasteiger partial charge in [-0.15, -0.1) is 11.3 Å². The molecule has 8 nitrogen and oxygen atoms in total. The van der Waals surface area contributed by atoms with Gasteiger partial charge in [0.2, 0.25) is 16.0 Å². The molecule has 0 saturated heterocycles. The van der Waals surface area contributed by atoms with Crippen LogP contribution in [0.2, 0.25) is 0 Å². The van der Waals surface area contributed by atoms with Crippen molar-refractivity contribution in [1.82, 2.24) is 14.7 Å². The Morgan fingerprint density at radius 3 is 3.08 bits per heavy atom. The van der Waals surface area contributed by atoms with Crippen LogP contribution < -0.4 is 15.4 Å². The zero-order valence-electron chi connectivity index (χ0n) is 12.5. The van der Waals surface area contributed by atoms with E-state index in [4.69, 9.17) is 0 Å². The predicted octanol–water partition coefficient (Wildman–Crippen LogP) is 1.89. The minimum Gasteiger partial charge on any atom is -0.394 e. The maximum Gasteiger partial charge on any atom is 0.250 e. The summed E-state index contributed by atoms with van der Waals surface area (Å²) >= 11 is 4.51. The van der Waals surface area contributed by atoms with Gasteiger partial charge in [-0.3, -0.25) is 0 Å². The second-order valence-corrected chi connectivity index (χ2v) is 8.99. The van der Waals surface area contributed by atoms with Crippen LogP contribution in [-0.4, -0.2) is 42.7 Å². The maximum atomic E-state index is 12.2. The minimum absolute atomic E-state index is 0.0852. The van der Waals surface area contributed by atoms with Gasteiger partial charge in [-0.05, 0) is 34.8 Å². The number of halogens is 1. The molecule has 11 heteroatoms. The molecule has 2 aromatic heterocycles. The number of hydrogen-bond donors (Lipinski definition) is 4. The largest absolute Gasteiger partial charge is 0.394 e. The highest BCUT2D eigenvalue weighted by Gasteiger charge is 2.18. The van der Waals surface area contributed by atoms with Gasteiger partial charge in [-0.2, -0.15) is 4.98 Å². The molecule has 0 spiro atoms. The number of thiophene rings is 1. The van der Waals surface area contributed by atoms with Crippen LogP contribution in [0.5, 0.6) is 0 Å². The third-order valence-corrected chi connectivity index (χ3v) is 6.90. The summed E-state index contributed by atoms with van der Waals surface area (Å²) in [7, 11) is -3.53. The van der Waals surface area contributed by atoms with Gasteiger partial charge in [-0.25, -0.2) is 18.1 Å². The monoisotopic (exact) mass is 433 g/mol. The van der Waals surface area contributed by atoms with Crippen LogP contribution in [0.25, 0.3) is 0 Å². The van der Waals surface area contributed by atoms with Crippen molar-refractivity contribution < 1.29 is 13.5 Å².